The molecule has 1 rings (SSSR count). The van der Waals surface area contributed by atoms with E-state index in [0.29, 0.717) is 19.5 Å². The van der Waals surface area contributed by atoms with Gasteiger partial charge in [0.1, 0.15) is 5.82 Å². The summed E-state index contributed by atoms with van der Waals surface area (Å²) in [6.07, 6.45) is 0.695. The normalized spacial score (nSPS) is 9.86. The summed E-state index contributed by atoms with van der Waals surface area (Å²) in [6.45, 7) is 0.987. The maximum atomic E-state index is 13.1. The monoisotopic (exact) mass is 196 g/mol. The molecule has 0 aliphatic heterocycles. The Morgan fingerprint density at radius 2 is 2.14 bits per heavy atom. The fourth-order valence-electron chi connectivity index (χ4n) is 1.04. The van der Waals surface area contributed by atoms with Gasteiger partial charge in [0.05, 0.1) is 5.56 Å². The number of hydrogen-bond donors (Lipinski definition) is 2. The van der Waals surface area contributed by atoms with E-state index in [2.05, 4.69) is 5.32 Å². The first-order valence-corrected chi connectivity index (χ1v) is 4.48. The molecule has 0 spiro atoms. The summed E-state index contributed by atoms with van der Waals surface area (Å²) in [5, 5.41) is 2.58. The van der Waals surface area contributed by atoms with Gasteiger partial charge in [-0.05, 0) is 25.1 Å². The molecule has 14 heavy (non-hydrogen) atoms. The van der Waals surface area contributed by atoms with Gasteiger partial charge in [0.15, 0.2) is 0 Å². The van der Waals surface area contributed by atoms with Crippen LogP contribution < -0.4 is 11.1 Å². The molecule has 0 radical (unpaired) electrons. The lowest BCUT2D eigenvalue weighted by atomic mass is 10.2. The number of nitrogens with one attached hydrogen (secondary N) is 1. The van der Waals surface area contributed by atoms with E-state index >= 15 is 0 Å². The molecular weight excluding hydrogens is 183 g/mol. The van der Waals surface area contributed by atoms with Crippen LogP contribution in [0.4, 0.5) is 4.39 Å². The van der Waals surface area contributed by atoms with Gasteiger partial charge in [-0.15, -0.1) is 0 Å². The van der Waals surface area contributed by atoms with Gasteiger partial charge in [-0.1, -0.05) is 12.1 Å². The average molecular weight is 196 g/mol. The lowest BCUT2D eigenvalue weighted by Crippen LogP contribution is -2.26. The van der Waals surface area contributed by atoms with Gasteiger partial charge >= 0.3 is 0 Å². The summed E-state index contributed by atoms with van der Waals surface area (Å²) in [7, 11) is 0. The van der Waals surface area contributed by atoms with E-state index in [0.717, 1.165) is 0 Å². The summed E-state index contributed by atoms with van der Waals surface area (Å²) in [4.78, 5) is 11.3. The molecule has 3 N–H and O–H groups in total. The largest absolute Gasteiger partial charge is 0.352 e. The number of carbonyl (C=O) groups excluding carboxylic acids is 1. The van der Waals surface area contributed by atoms with Crippen LogP contribution in [0.5, 0.6) is 0 Å². The first kappa shape index (κ1) is 10.7. The number of carbonyl (C=O) groups is 1. The Morgan fingerprint density at radius 3 is 2.79 bits per heavy atom. The Balaban J connectivity index is 2.56. The summed E-state index contributed by atoms with van der Waals surface area (Å²) in [5.41, 5.74) is 5.33. The van der Waals surface area contributed by atoms with Gasteiger partial charge in [0.25, 0.3) is 5.91 Å². The molecule has 0 aliphatic carbocycles. The predicted molar refractivity (Wildman–Crippen MR) is 52.4 cm³/mol. The first-order valence-electron chi connectivity index (χ1n) is 4.48. The molecule has 0 unspecified atom stereocenters. The van der Waals surface area contributed by atoms with Gasteiger partial charge in [0, 0.05) is 6.54 Å². The van der Waals surface area contributed by atoms with Gasteiger partial charge in [-0.2, -0.15) is 0 Å². The van der Waals surface area contributed by atoms with Crippen LogP contribution in [-0.4, -0.2) is 19.0 Å². The van der Waals surface area contributed by atoms with Crippen molar-refractivity contribution in [1.82, 2.24) is 5.32 Å². The van der Waals surface area contributed by atoms with Gasteiger partial charge in [-0.25, -0.2) is 4.39 Å². The lowest BCUT2D eigenvalue weighted by molar-refractivity contribution is 0.0949. The third kappa shape index (κ3) is 2.81. The molecule has 1 aromatic rings. The van der Waals surface area contributed by atoms with Crippen molar-refractivity contribution < 1.29 is 9.18 Å². The van der Waals surface area contributed by atoms with Gasteiger partial charge in [-0.3, -0.25) is 4.79 Å². The second-order valence-corrected chi connectivity index (χ2v) is 2.88. The van der Waals surface area contributed by atoms with E-state index in [1.165, 1.54) is 12.1 Å². The fourth-order valence-corrected chi connectivity index (χ4v) is 1.04. The summed E-state index contributed by atoms with van der Waals surface area (Å²) >= 11 is 0. The van der Waals surface area contributed by atoms with E-state index in [1.807, 2.05) is 0 Å². The quantitative estimate of drug-likeness (QED) is 0.703. The third-order valence-electron chi connectivity index (χ3n) is 1.78. The minimum absolute atomic E-state index is 0.0736. The summed E-state index contributed by atoms with van der Waals surface area (Å²) in [6, 6.07) is 5.89. The van der Waals surface area contributed by atoms with Crippen LogP contribution in [0, 0.1) is 5.82 Å². The van der Waals surface area contributed by atoms with Crippen molar-refractivity contribution in [2.75, 3.05) is 13.1 Å². The molecule has 0 aliphatic rings. The minimum atomic E-state index is -0.502. The molecule has 0 aromatic heterocycles. The molecule has 0 bridgehead atoms. The SMILES string of the molecule is NCCCNC(=O)c1ccccc1F. The molecule has 4 heteroatoms. The highest BCUT2D eigenvalue weighted by Gasteiger charge is 2.08. The fraction of sp³-hybridized carbons (Fsp3) is 0.300. The number of hydrogen-bond acceptors (Lipinski definition) is 2. The van der Waals surface area contributed by atoms with Crippen LogP contribution in [0.2, 0.25) is 0 Å². The van der Waals surface area contributed by atoms with Crippen molar-refractivity contribution >= 4 is 5.91 Å². The second-order valence-electron chi connectivity index (χ2n) is 2.88. The van der Waals surface area contributed by atoms with Crippen LogP contribution >= 0.6 is 0 Å². The van der Waals surface area contributed by atoms with Crippen molar-refractivity contribution in [3.63, 3.8) is 0 Å². The Kier molecular flexibility index (Phi) is 4.07. The van der Waals surface area contributed by atoms with Crippen molar-refractivity contribution in [3.8, 4) is 0 Å². The Hall–Kier alpha value is -1.42. The molecule has 0 saturated heterocycles. The highest BCUT2D eigenvalue weighted by molar-refractivity contribution is 5.94. The zero-order chi connectivity index (χ0) is 10.4. The van der Waals surface area contributed by atoms with Crippen LogP contribution in [0.15, 0.2) is 24.3 Å². The molecular formula is C10H13FN2O. The Bertz CT molecular complexity index is 315. The van der Waals surface area contributed by atoms with Crippen molar-refractivity contribution in [3.05, 3.63) is 35.6 Å². The summed E-state index contributed by atoms with van der Waals surface area (Å²) < 4.78 is 13.1. The van der Waals surface area contributed by atoms with E-state index in [-0.39, 0.29) is 5.56 Å². The summed E-state index contributed by atoms with van der Waals surface area (Å²) in [5.74, 6) is -0.894. The number of rotatable bonds is 4. The zero-order valence-electron chi connectivity index (χ0n) is 7.79. The molecule has 0 heterocycles. The predicted octanol–water partition coefficient (Wildman–Crippen LogP) is 0.904. The van der Waals surface area contributed by atoms with E-state index in [1.54, 1.807) is 12.1 Å². The molecule has 0 saturated carbocycles. The van der Waals surface area contributed by atoms with E-state index < -0.39 is 11.7 Å². The van der Waals surface area contributed by atoms with Crippen LogP contribution in [0.1, 0.15) is 16.8 Å². The standard InChI is InChI=1S/C10H13FN2O/c11-9-5-2-1-4-8(9)10(14)13-7-3-6-12/h1-2,4-5H,3,6-7,12H2,(H,13,14). The van der Waals surface area contributed by atoms with Crippen LogP contribution in [-0.2, 0) is 0 Å². The van der Waals surface area contributed by atoms with Crippen molar-refractivity contribution in [2.24, 2.45) is 5.73 Å². The van der Waals surface area contributed by atoms with Crippen LogP contribution in [0.25, 0.3) is 0 Å². The molecule has 1 amide bonds. The number of halogens is 1. The number of nitrogens with two attached hydrogens (primary N) is 1. The smallest absolute Gasteiger partial charge is 0.254 e. The Morgan fingerprint density at radius 1 is 1.43 bits per heavy atom. The maximum Gasteiger partial charge on any atom is 0.254 e. The van der Waals surface area contributed by atoms with Gasteiger partial charge < -0.3 is 11.1 Å². The van der Waals surface area contributed by atoms with Crippen molar-refractivity contribution in [2.45, 2.75) is 6.42 Å². The second kappa shape index (κ2) is 5.34. The highest BCUT2D eigenvalue weighted by atomic mass is 19.1. The first-order chi connectivity index (χ1) is 6.75. The molecule has 1 aromatic carbocycles. The zero-order valence-corrected chi connectivity index (χ0v) is 7.79. The maximum absolute atomic E-state index is 13.1. The van der Waals surface area contributed by atoms with Crippen LogP contribution in [0.3, 0.4) is 0 Å². The van der Waals surface area contributed by atoms with E-state index in [9.17, 15) is 9.18 Å². The number of benzene rings is 1. The van der Waals surface area contributed by atoms with E-state index in [4.69, 9.17) is 5.73 Å². The Labute approximate surface area is 82.1 Å². The highest BCUT2D eigenvalue weighted by Crippen LogP contribution is 2.05. The third-order valence-corrected chi connectivity index (χ3v) is 1.78. The van der Waals surface area contributed by atoms with Gasteiger partial charge in [0.2, 0.25) is 0 Å². The van der Waals surface area contributed by atoms with Crippen molar-refractivity contribution in [1.29, 1.82) is 0 Å². The molecule has 0 fully saturated rings. The molecule has 0 atom stereocenters. The minimum Gasteiger partial charge on any atom is -0.352 e. The number of amides is 1. The molecule has 3 nitrogen and oxygen atoms in total. The molecule has 76 valence electrons. The topological polar surface area (TPSA) is 55.1 Å². The average Bonchev–Trinajstić information content (AvgIpc) is 2.18. The lowest BCUT2D eigenvalue weighted by Gasteiger charge is -2.04.